The molecule has 8 heteroatoms. The van der Waals surface area contributed by atoms with Crippen LogP contribution in [0.15, 0.2) is 29.0 Å². The van der Waals surface area contributed by atoms with Gasteiger partial charge in [-0.15, -0.1) is 0 Å². The van der Waals surface area contributed by atoms with E-state index >= 15 is 0 Å². The van der Waals surface area contributed by atoms with E-state index in [1.54, 1.807) is 31.6 Å². The minimum atomic E-state index is -0.370. The Labute approximate surface area is 146 Å². The molecule has 3 rings (SSSR count). The lowest BCUT2D eigenvalue weighted by Gasteiger charge is -2.22. The van der Waals surface area contributed by atoms with E-state index in [1.807, 2.05) is 0 Å². The average Bonchev–Trinajstić information content (AvgIpc) is 3.23. The molecular formula is C17H23N5O3. The number of furan rings is 1. The maximum atomic E-state index is 12.3. The summed E-state index contributed by atoms with van der Waals surface area (Å²) in [6, 6.07) is 3.42. The van der Waals surface area contributed by atoms with Gasteiger partial charge in [0, 0.05) is 19.3 Å². The zero-order valence-electron chi connectivity index (χ0n) is 14.2. The molecule has 1 aliphatic rings. The minimum Gasteiger partial charge on any atom is -0.467 e. The van der Waals surface area contributed by atoms with Gasteiger partial charge in [-0.05, 0) is 25.0 Å². The molecule has 0 unspecified atom stereocenters. The molecule has 0 spiro atoms. The summed E-state index contributed by atoms with van der Waals surface area (Å²) in [5, 5.41) is 12.6. The molecule has 0 aromatic carbocycles. The van der Waals surface area contributed by atoms with Crippen molar-refractivity contribution in [3.63, 3.8) is 0 Å². The Kier molecular flexibility index (Phi) is 5.37. The Morgan fingerprint density at radius 1 is 1.32 bits per heavy atom. The molecule has 1 fully saturated rings. The van der Waals surface area contributed by atoms with Crippen LogP contribution in [0.4, 0.5) is 10.5 Å². The first-order chi connectivity index (χ1) is 12.1. The smallest absolute Gasteiger partial charge is 0.319 e. The fourth-order valence-corrected chi connectivity index (χ4v) is 3.00. The standard InChI is InChI=1S/C17H23N5O3/c1-22-11-14(20-17(24)19-12-6-3-2-4-7-12)15(21-22)16(23)18-10-13-8-5-9-25-13/h5,8-9,11-12H,2-4,6-7,10H2,1H3,(H,18,23)(H2,19,20,24). The summed E-state index contributed by atoms with van der Waals surface area (Å²) in [6.45, 7) is 0.260. The van der Waals surface area contributed by atoms with Crippen LogP contribution < -0.4 is 16.0 Å². The maximum Gasteiger partial charge on any atom is 0.319 e. The van der Waals surface area contributed by atoms with Crippen LogP contribution in [-0.4, -0.2) is 27.8 Å². The lowest BCUT2D eigenvalue weighted by molar-refractivity contribution is 0.0943. The van der Waals surface area contributed by atoms with Crippen molar-refractivity contribution in [2.24, 2.45) is 7.05 Å². The van der Waals surface area contributed by atoms with Crippen LogP contribution in [-0.2, 0) is 13.6 Å². The molecule has 2 aromatic rings. The normalized spacial score (nSPS) is 14.9. The van der Waals surface area contributed by atoms with E-state index in [1.165, 1.54) is 11.1 Å². The Morgan fingerprint density at radius 2 is 2.12 bits per heavy atom. The zero-order chi connectivity index (χ0) is 17.6. The molecule has 134 valence electrons. The summed E-state index contributed by atoms with van der Waals surface area (Å²) in [5.74, 6) is 0.277. The van der Waals surface area contributed by atoms with E-state index in [0.717, 1.165) is 25.7 Å². The number of nitrogens with zero attached hydrogens (tertiary/aromatic N) is 2. The molecule has 1 aliphatic carbocycles. The van der Waals surface area contributed by atoms with Gasteiger partial charge in [-0.1, -0.05) is 19.3 Å². The first kappa shape index (κ1) is 17.1. The molecule has 2 aromatic heterocycles. The molecule has 3 amide bonds. The number of aryl methyl sites for hydroxylation is 1. The van der Waals surface area contributed by atoms with Crippen LogP contribution in [0.3, 0.4) is 0 Å². The number of anilines is 1. The Morgan fingerprint density at radius 3 is 2.84 bits per heavy atom. The second kappa shape index (κ2) is 7.87. The van der Waals surface area contributed by atoms with E-state index in [2.05, 4.69) is 21.0 Å². The third kappa shape index (κ3) is 4.62. The van der Waals surface area contributed by atoms with Crippen LogP contribution >= 0.6 is 0 Å². The van der Waals surface area contributed by atoms with Gasteiger partial charge in [-0.25, -0.2) is 4.79 Å². The average molecular weight is 345 g/mol. The van der Waals surface area contributed by atoms with Crippen LogP contribution in [0, 0.1) is 0 Å². The fraction of sp³-hybridized carbons (Fsp3) is 0.471. The number of aromatic nitrogens is 2. The Bertz CT molecular complexity index is 717. The number of rotatable bonds is 5. The van der Waals surface area contributed by atoms with Gasteiger partial charge in [-0.2, -0.15) is 5.10 Å². The van der Waals surface area contributed by atoms with Crippen molar-refractivity contribution in [3.05, 3.63) is 36.0 Å². The number of nitrogens with one attached hydrogen (secondary N) is 3. The summed E-state index contributed by atoms with van der Waals surface area (Å²) >= 11 is 0. The largest absolute Gasteiger partial charge is 0.467 e. The number of hydrogen-bond acceptors (Lipinski definition) is 4. The molecule has 0 saturated heterocycles. The maximum absolute atomic E-state index is 12.3. The van der Waals surface area contributed by atoms with E-state index < -0.39 is 0 Å². The summed E-state index contributed by atoms with van der Waals surface area (Å²) in [5.41, 5.74) is 0.556. The highest BCUT2D eigenvalue weighted by atomic mass is 16.3. The molecule has 0 atom stereocenters. The second-order valence-electron chi connectivity index (χ2n) is 6.26. The Balaban J connectivity index is 1.59. The molecule has 2 heterocycles. The monoisotopic (exact) mass is 345 g/mol. The van der Waals surface area contributed by atoms with E-state index in [0.29, 0.717) is 11.4 Å². The molecule has 1 saturated carbocycles. The SMILES string of the molecule is Cn1cc(NC(=O)NC2CCCCC2)c(C(=O)NCc2ccco2)n1. The first-order valence-corrected chi connectivity index (χ1v) is 8.53. The zero-order valence-corrected chi connectivity index (χ0v) is 14.2. The molecule has 8 nitrogen and oxygen atoms in total. The predicted molar refractivity (Wildman–Crippen MR) is 92.1 cm³/mol. The van der Waals surface area contributed by atoms with Gasteiger partial charge in [-0.3, -0.25) is 9.48 Å². The third-order valence-electron chi connectivity index (χ3n) is 4.24. The molecule has 0 bridgehead atoms. The van der Waals surface area contributed by atoms with Gasteiger partial charge in [0.15, 0.2) is 5.69 Å². The van der Waals surface area contributed by atoms with Gasteiger partial charge in [0.05, 0.1) is 18.5 Å². The van der Waals surface area contributed by atoms with Crippen molar-refractivity contribution in [1.29, 1.82) is 0 Å². The van der Waals surface area contributed by atoms with Crippen LogP contribution in [0.5, 0.6) is 0 Å². The summed E-state index contributed by atoms with van der Waals surface area (Å²) in [4.78, 5) is 24.5. The van der Waals surface area contributed by atoms with E-state index in [-0.39, 0.29) is 30.2 Å². The topological polar surface area (TPSA) is 101 Å². The fourth-order valence-electron chi connectivity index (χ4n) is 3.00. The van der Waals surface area contributed by atoms with E-state index in [4.69, 9.17) is 4.42 Å². The van der Waals surface area contributed by atoms with Crippen molar-refractivity contribution >= 4 is 17.6 Å². The molecule has 25 heavy (non-hydrogen) atoms. The second-order valence-corrected chi connectivity index (χ2v) is 6.26. The number of carbonyl (C=O) groups excluding carboxylic acids is 2. The number of carbonyl (C=O) groups is 2. The van der Waals surface area contributed by atoms with Crippen molar-refractivity contribution in [2.45, 2.75) is 44.7 Å². The molecule has 0 aliphatic heterocycles. The summed E-state index contributed by atoms with van der Waals surface area (Å²) in [6.07, 6.45) is 8.65. The molecular weight excluding hydrogens is 322 g/mol. The van der Waals surface area contributed by atoms with Crippen molar-refractivity contribution < 1.29 is 14.0 Å². The van der Waals surface area contributed by atoms with Crippen LogP contribution in [0.1, 0.15) is 48.4 Å². The quantitative estimate of drug-likeness (QED) is 0.774. The number of amides is 3. The molecule has 0 radical (unpaired) electrons. The highest BCUT2D eigenvalue weighted by Crippen LogP contribution is 2.18. The minimum absolute atomic E-state index is 0.174. The van der Waals surface area contributed by atoms with E-state index in [9.17, 15) is 9.59 Å². The molecule has 3 N–H and O–H groups in total. The van der Waals surface area contributed by atoms with Gasteiger partial charge in [0.1, 0.15) is 5.76 Å². The third-order valence-corrected chi connectivity index (χ3v) is 4.24. The van der Waals surface area contributed by atoms with Gasteiger partial charge >= 0.3 is 6.03 Å². The lowest BCUT2D eigenvalue weighted by atomic mass is 9.96. The first-order valence-electron chi connectivity index (χ1n) is 8.53. The van der Waals surface area contributed by atoms with Gasteiger partial charge in [0.25, 0.3) is 5.91 Å². The lowest BCUT2D eigenvalue weighted by Crippen LogP contribution is -2.39. The van der Waals surface area contributed by atoms with Crippen LogP contribution in [0.2, 0.25) is 0 Å². The summed E-state index contributed by atoms with van der Waals surface area (Å²) in [7, 11) is 1.70. The van der Waals surface area contributed by atoms with Gasteiger partial charge in [0.2, 0.25) is 0 Å². The highest BCUT2D eigenvalue weighted by Gasteiger charge is 2.20. The number of hydrogen-bond donors (Lipinski definition) is 3. The highest BCUT2D eigenvalue weighted by molar-refractivity contribution is 6.01. The number of urea groups is 1. The van der Waals surface area contributed by atoms with Gasteiger partial charge < -0.3 is 20.4 Å². The van der Waals surface area contributed by atoms with Crippen molar-refractivity contribution in [1.82, 2.24) is 20.4 Å². The Hall–Kier alpha value is -2.77. The predicted octanol–water partition coefficient (Wildman–Crippen LogP) is 2.40. The summed E-state index contributed by atoms with van der Waals surface area (Å²) < 4.78 is 6.68. The van der Waals surface area contributed by atoms with Crippen LogP contribution in [0.25, 0.3) is 0 Å². The van der Waals surface area contributed by atoms with Crippen molar-refractivity contribution in [2.75, 3.05) is 5.32 Å². The van der Waals surface area contributed by atoms with Crippen molar-refractivity contribution in [3.8, 4) is 0 Å².